The summed E-state index contributed by atoms with van der Waals surface area (Å²) in [6, 6.07) is 9.68. The summed E-state index contributed by atoms with van der Waals surface area (Å²) in [5.41, 5.74) is 0.921. The number of nitrogens with one attached hydrogen (secondary N) is 1. The van der Waals surface area contributed by atoms with E-state index in [4.69, 9.17) is 4.52 Å². The topological polar surface area (TPSA) is 98.7 Å². The van der Waals surface area contributed by atoms with Gasteiger partial charge in [-0.2, -0.15) is 4.98 Å². The second kappa shape index (κ2) is 7.69. The van der Waals surface area contributed by atoms with Crippen molar-refractivity contribution in [2.24, 2.45) is 0 Å². The molecule has 0 aliphatic rings. The number of aryl methyl sites for hydroxylation is 1. The number of benzene rings is 1. The van der Waals surface area contributed by atoms with Gasteiger partial charge in [0.1, 0.15) is 6.33 Å². The second-order valence-corrected chi connectivity index (χ2v) is 5.92. The molecule has 0 radical (unpaired) electrons. The number of hydrogen-bond acceptors (Lipinski definition) is 6. The highest BCUT2D eigenvalue weighted by molar-refractivity contribution is 5.75. The monoisotopic (exact) mass is 340 g/mol. The van der Waals surface area contributed by atoms with E-state index < -0.39 is 0 Å². The first-order valence-corrected chi connectivity index (χ1v) is 8.17. The first-order valence-electron chi connectivity index (χ1n) is 8.17. The number of carbonyl (C=O) groups excluding carboxylic acids is 1. The maximum absolute atomic E-state index is 11.9. The smallest absolute Gasteiger partial charge is 0.227 e. The van der Waals surface area contributed by atoms with Gasteiger partial charge in [0.2, 0.25) is 11.8 Å². The van der Waals surface area contributed by atoms with Gasteiger partial charge in [-0.1, -0.05) is 37.2 Å². The zero-order valence-electron chi connectivity index (χ0n) is 14.2. The number of aromatic nitrogens is 5. The number of rotatable bonds is 7. The van der Waals surface area contributed by atoms with Crippen molar-refractivity contribution in [3.8, 4) is 5.69 Å². The lowest BCUT2D eigenvalue weighted by atomic mass is 10.2. The summed E-state index contributed by atoms with van der Waals surface area (Å²) >= 11 is 0. The summed E-state index contributed by atoms with van der Waals surface area (Å²) in [5.74, 6) is 1.78. The standard InChI is InChI=1S/C17H20N6O2/c1-12(2)17-20-16(25-22-17)9-8-15(24)18-10-14-19-11-23(21-14)13-6-4-3-5-7-13/h3-7,11-12H,8-10H2,1-2H3,(H,18,24). The van der Waals surface area contributed by atoms with Gasteiger partial charge in [0.25, 0.3) is 0 Å². The minimum Gasteiger partial charge on any atom is -0.349 e. The van der Waals surface area contributed by atoms with E-state index >= 15 is 0 Å². The summed E-state index contributed by atoms with van der Waals surface area (Å²) in [5, 5.41) is 11.0. The summed E-state index contributed by atoms with van der Waals surface area (Å²) in [6.07, 6.45) is 2.32. The van der Waals surface area contributed by atoms with E-state index in [1.165, 1.54) is 0 Å². The summed E-state index contributed by atoms with van der Waals surface area (Å²) < 4.78 is 6.80. The molecule has 1 N–H and O–H groups in total. The van der Waals surface area contributed by atoms with Crippen LogP contribution in [0.1, 0.15) is 43.7 Å². The van der Waals surface area contributed by atoms with Crippen LogP contribution in [0.2, 0.25) is 0 Å². The molecular formula is C17H20N6O2. The first kappa shape index (κ1) is 16.8. The van der Waals surface area contributed by atoms with Gasteiger partial charge in [-0.25, -0.2) is 9.67 Å². The molecular weight excluding hydrogens is 320 g/mol. The lowest BCUT2D eigenvalue weighted by molar-refractivity contribution is -0.121. The molecule has 0 atom stereocenters. The molecule has 2 aromatic heterocycles. The Balaban J connectivity index is 1.47. The van der Waals surface area contributed by atoms with Crippen molar-refractivity contribution in [1.82, 2.24) is 30.2 Å². The van der Waals surface area contributed by atoms with Gasteiger partial charge < -0.3 is 9.84 Å². The zero-order valence-corrected chi connectivity index (χ0v) is 14.2. The van der Waals surface area contributed by atoms with Crippen LogP contribution in [0, 0.1) is 0 Å². The van der Waals surface area contributed by atoms with Crippen LogP contribution in [0.4, 0.5) is 0 Å². The molecule has 1 aromatic carbocycles. The first-order chi connectivity index (χ1) is 12.1. The van der Waals surface area contributed by atoms with Crippen LogP contribution in [0.3, 0.4) is 0 Å². The van der Waals surface area contributed by atoms with E-state index in [0.29, 0.717) is 24.0 Å². The van der Waals surface area contributed by atoms with Crippen LogP contribution >= 0.6 is 0 Å². The number of amides is 1. The fraction of sp³-hybridized carbons (Fsp3) is 0.353. The largest absolute Gasteiger partial charge is 0.349 e. The molecule has 130 valence electrons. The Hall–Kier alpha value is -3.03. The van der Waals surface area contributed by atoms with E-state index in [1.54, 1.807) is 11.0 Å². The molecule has 0 unspecified atom stereocenters. The van der Waals surface area contributed by atoms with Crippen LogP contribution in [0.15, 0.2) is 41.2 Å². The van der Waals surface area contributed by atoms with E-state index in [1.807, 2.05) is 44.2 Å². The van der Waals surface area contributed by atoms with Crippen LogP contribution in [0.25, 0.3) is 5.69 Å². The Labute approximate surface area is 145 Å². The van der Waals surface area contributed by atoms with E-state index in [0.717, 1.165) is 5.69 Å². The molecule has 25 heavy (non-hydrogen) atoms. The van der Waals surface area contributed by atoms with Crippen molar-refractivity contribution in [3.05, 3.63) is 54.2 Å². The average molecular weight is 340 g/mol. The van der Waals surface area contributed by atoms with Crippen molar-refractivity contribution in [1.29, 1.82) is 0 Å². The highest BCUT2D eigenvalue weighted by Crippen LogP contribution is 2.10. The van der Waals surface area contributed by atoms with Crippen molar-refractivity contribution in [3.63, 3.8) is 0 Å². The predicted molar refractivity (Wildman–Crippen MR) is 89.9 cm³/mol. The number of para-hydroxylation sites is 1. The Kier molecular flexibility index (Phi) is 5.17. The van der Waals surface area contributed by atoms with Crippen LogP contribution in [0.5, 0.6) is 0 Å². The third-order valence-electron chi connectivity index (χ3n) is 3.57. The molecule has 0 fully saturated rings. The number of hydrogen-bond donors (Lipinski definition) is 1. The maximum atomic E-state index is 11.9. The van der Waals surface area contributed by atoms with Gasteiger partial charge in [0.15, 0.2) is 11.6 Å². The summed E-state index contributed by atoms with van der Waals surface area (Å²) in [7, 11) is 0. The summed E-state index contributed by atoms with van der Waals surface area (Å²) in [6.45, 7) is 4.26. The molecule has 8 heteroatoms. The highest BCUT2D eigenvalue weighted by Gasteiger charge is 2.12. The van der Waals surface area contributed by atoms with Gasteiger partial charge in [-0.15, -0.1) is 5.10 Å². The Morgan fingerprint density at radius 1 is 1.28 bits per heavy atom. The molecule has 8 nitrogen and oxygen atoms in total. The number of carbonyl (C=O) groups is 1. The fourth-order valence-corrected chi connectivity index (χ4v) is 2.17. The second-order valence-electron chi connectivity index (χ2n) is 5.92. The quantitative estimate of drug-likeness (QED) is 0.706. The van der Waals surface area contributed by atoms with E-state index in [9.17, 15) is 4.79 Å². The molecule has 2 heterocycles. The predicted octanol–water partition coefficient (Wildman–Crippen LogP) is 2.02. The SMILES string of the molecule is CC(C)c1noc(CCC(=O)NCc2ncn(-c3ccccc3)n2)n1. The van der Waals surface area contributed by atoms with Crippen molar-refractivity contribution in [2.45, 2.75) is 39.2 Å². The average Bonchev–Trinajstić information content (AvgIpc) is 3.28. The van der Waals surface area contributed by atoms with Gasteiger partial charge >= 0.3 is 0 Å². The molecule has 0 saturated heterocycles. The Bertz CT molecular complexity index is 825. The lowest BCUT2D eigenvalue weighted by Gasteiger charge is -2.01. The van der Waals surface area contributed by atoms with E-state index in [2.05, 4.69) is 25.5 Å². The van der Waals surface area contributed by atoms with Crippen LogP contribution in [-0.2, 0) is 17.8 Å². The minimum atomic E-state index is -0.111. The van der Waals surface area contributed by atoms with Crippen molar-refractivity contribution < 1.29 is 9.32 Å². The van der Waals surface area contributed by atoms with Gasteiger partial charge in [-0.3, -0.25) is 4.79 Å². The molecule has 0 aliphatic heterocycles. The molecule has 0 spiro atoms. The zero-order chi connectivity index (χ0) is 17.6. The van der Waals surface area contributed by atoms with Crippen LogP contribution < -0.4 is 5.32 Å². The molecule has 1 amide bonds. The van der Waals surface area contributed by atoms with Gasteiger partial charge in [0, 0.05) is 18.8 Å². The summed E-state index contributed by atoms with van der Waals surface area (Å²) in [4.78, 5) is 20.4. The van der Waals surface area contributed by atoms with Crippen LogP contribution in [-0.4, -0.2) is 30.8 Å². The third kappa shape index (κ3) is 4.50. The van der Waals surface area contributed by atoms with Crippen molar-refractivity contribution >= 4 is 5.91 Å². The number of nitrogens with zero attached hydrogens (tertiary/aromatic N) is 5. The molecule has 0 bridgehead atoms. The Morgan fingerprint density at radius 2 is 2.08 bits per heavy atom. The lowest BCUT2D eigenvalue weighted by Crippen LogP contribution is -2.23. The normalized spacial score (nSPS) is 11.0. The maximum Gasteiger partial charge on any atom is 0.227 e. The van der Waals surface area contributed by atoms with Gasteiger partial charge in [0.05, 0.1) is 12.2 Å². The van der Waals surface area contributed by atoms with Gasteiger partial charge in [-0.05, 0) is 12.1 Å². The minimum absolute atomic E-state index is 0.111. The fourth-order valence-electron chi connectivity index (χ4n) is 2.17. The molecule has 3 rings (SSSR count). The third-order valence-corrected chi connectivity index (χ3v) is 3.57. The molecule has 3 aromatic rings. The van der Waals surface area contributed by atoms with E-state index in [-0.39, 0.29) is 24.8 Å². The molecule has 0 aliphatic carbocycles. The molecule has 0 saturated carbocycles. The Morgan fingerprint density at radius 3 is 2.80 bits per heavy atom. The van der Waals surface area contributed by atoms with Crippen molar-refractivity contribution in [2.75, 3.05) is 0 Å². The highest BCUT2D eigenvalue weighted by atomic mass is 16.5.